The van der Waals surface area contributed by atoms with Gasteiger partial charge in [-0.3, -0.25) is 9.59 Å². The highest BCUT2D eigenvalue weighted by Gasteiger charge is 2.49. The van der Waals surface area contributed by atoms with Crippen LogP contribution in [0.2, 0.25) is 0 Å². The van der Waals surface area contributed by atoms with Crippen molar-refractivity contribution in [3.05, 3.63) is 0 Å². The first-order chi connectivity index (χ1) is 13.0. The Labute approximate surface area is 166 Å². The Bertz CT molecular complexity index is 566. The summed E-state index contributed by atoms with van der Waals surface area (Å²) in [5, 5.41) is 19.6. The molecular weight excluding hydrogens is 368 g/mol. The molecule has 0 aromatic rings. The molecule has 0 aliphatic carbocycles. The molecule has 2 aliphatic heterocycles. The van der Waals surface area contributed by atoms with Gasteiger partial charge in [-0.2, -0.15) is 0 Å². The van der Waals surface area contributed by atoms with Crippen molar-refractivity contribution in [3.8, 4) is 0 Å². The summed E-state index contributed by atoms with van der Waals surface area (Å²) in [6.07, 6.45) is 1.84. The predicted octanol–water partition coefficient (Wildman–Crippen LogP) is 2.89. The third-order valence-corrected chi connectivity index (χ3v) is 5.94. The average Bonchev–Trinajstić information content (AvgIpc) is 2.53. The molecule has 8 heteroatoms. The molecule has 162 valence electrons. The van der Waals surface area contributed by atoms with Gasteiger partial charge < -0.3 is 29.2 Å². The maximum Gasteiger partial charge on any atom is 0.312 e. The van der Waals surface area contributed by atoms with Crippen LogP contribution in [0.5, 0.6) is 0 Å². The first-order valence-electron chi connectivity index (χ1n) is 10.1. The SMILES string of the molecule is CC1CCOC(C)(C(CCC(C)C(C(=O)O)C2(C)OCCC(C)O2)C(=O)O)O1. The number of carbonyl (C=O) groups is 2. The molecule has 7 unspecified atom stereocenters. The fourth-order valence-electron chi connectivity index (χ4n) is 4.38. The van der Waals surface area contributed by atoms with E-state index < -0.39 is 35.3 Å². The molecule has 0 aromatic carbocycles. The third kappa shape index (κ3) is 5.23. The lowest BCUT2D eigenvalue weighted by Crippen LogP contribution is -2.53. The molecule has 2 N–H and O–H groups in total. The molecule has 0 amide bonds. The van der Waals surface area contributed by atoms with Crippen LogP contribution in [0.4, 0.5) is 0 Å². The number of rotatable bonds is 8. The van der Waals surface area contributed by atoms with Crippen molar-refractivity contribution in [2.45, 2.75) is 84.1 Å². The molecule has 0 aromatic heterocycles. The number of ether oxygens (including phenoxy) is 4. The predicted molar refractivity (Wildman–Crippen MR) is 99.7 cm³/mol. The molecule has 0 radical (unpaired) electrons. The van der Waals surface area contributed by atoms with Gasteiger partial charge in [-0.15, -0.1) is 0 Å². The molecule has 28 heavy (non-hydrogen) atoms. The summed E-state index contributed by atoms with van der Waals surface area (Å²) < 4.78 is 23.1. The topological polar surface area (TPSA) is 112 Å². The normalized spacial score (nSPS) is 37.0. The summed E-state index contributed by atoms with van der Waals surface area (Å²) in [6.45, 7) is 9.76. The van der Waals surface area contributed by atoms with E-state index in [1.807, 2.05) is 13.8 Å². The third-order valence-electron chi connectivity index (χ3n) is 5.94. The van der Waals surface area contributed by atoms with E-state index in [9.17, 15) is 19.8 Å². The lowest BCUT2D eigenvalue weighted by atomic mass is 9.80. The van der Waals surface area contributed by atoms with Crippen LogP contribution < -0.4 is 0 Å². The van der Waals surface area contributed by atoms with Crippen LogP contribution in [0.25, 0.3) is 0 Å². The molecule has 2 fully saturated rings. The maximum absolute atomic E-state index is 12.0. The van der Waals surface area contributed by atoms with E-state index >= 15 is 0 Å². The van der Waals surface area contributed by atoms with Crippen molar-refractivity contribution in [2.75, 3.05) is 13.2 Å². The lowest BCUT2D eigenvalue weighted by molar-refractivity contribution is -0.310. The Morgan fingerprint density at radius 3 is 1.89 bits per heavy atom. The van der Waals surface area contributed by atoms with Crippen molar-refractivity contribution in [2.24, 2.45) is 17.8 Å². The van der Waals surface area contributed by atoms with E-state index in [0.717, 1.165) is 0 Å². The Balaban J connectivity index is 2.10. The smallest absolute Gasteiger partial charge is 0.312 e. The zero-order chi connectivity index (χ0) is 21.1. The lowest BCUT2D eigenvalue weighted by Gasteiger charge is -2.44. The number of carboxylic acid groups (broad SMARTS) is 2. The standard InChI is InChI=1S/C20H34O8/c1-12(16(18(23)24)20(5)26-11-9-14(3)28-20)6-7-15(17(21)22)19(4)25-10-8-13(2)27-19/h12-16H,6-11H2,1-5H3,(H,21,22)(H,23,24). The van der Waals surface area contributed by atoms with Gasteiger partial charge in [0.25, 0.3) is 0 Å². The van der Waals surface area contributed by atoms with Gasteiger partial charge in [0.2, 0.25) is 0 Å². The van der Waals surface area contributed by atoms with Gasteiger partial charge in [0.1, 0.15) is 11.8 Å². The van der Waals surface area contributed by atoms with E-state index in [0.29, 0.717) is 32.5 Å². The highest BCUT2D eigenvalue weighted by molar-refractivity contribution is 5.72. The first kappa shape index (κ1) is 23.1. The van der Waals surface area contributed by atoms with Gasteiger partial charge in [0, 0.05) is 0 Å². The number of hydrogen-bond donors (Lipinski definition) is 2. The van der Waals surface area contributed by atoms with E-state index in [1.54, 1.807) is 20.8 Å². The zero-order valence-corrected chi connectivity index (χ0v) is 17.5. The second-order valence-electron chi connectivity index (χ2n) is 8.42. The van der Waals surface area contributed by atoms with Gasteiger partial charge in [0.15, 0.2) is 11.6 Å². The van der Waals surface area contributed by atoms with Crippen molar-refractivity contribution in [1.29, 1.82) is 0 Å². The van der Waals surface area contributed by atoms with Crippen LogP contribution in [0.1, 0.15) is 60.3 Å². The minimum Gasteiger partial charge on any atom is -0.481 e. The summed E-state index contributed by atoms with van der Waals surface area (Å²) in [7, 11) is 0. The number of carboxylic acids is 2. The van der Waals surface area contributed by atoms with Crippen LogP contribution in [0, 0.1) is 17.8 Å². The Morgan fingerprint density at radius 1 is 0.929 bits per heavy atom. The van der Waals surface area contributed by atoms with E-state index in [-0.39, 0.29) is 24.5 Å². The van der Waals surface area contributed by atoms with Gasteiger partial charge in [-0.25, -0.2) is 0 Å². The minimum atomic E-state index is -1.24. The van der Waals surface area contributed by atoms with Crippen LogP contribution >= 0.6 is 0 Å². The largest absolute Gasteiger partial charge is 0.481 e. The van der Waals surface area contributed by atoms with E-state index in [1.165, 1.54) is 0 Å². The summed E-state index contributed by atoms with van der Waals surface area (Å²) >= 11 is 0. The quantitative estimate of drug-likeness (QED) is 0.637. The average molecular weight is 402 g/mol. The van der Waals surface area contributed by atoms with Crippen LogP contribution in [0.3, 0.4) is 0 Å². The minimum absolute atomic E-state index is 0.0887. The Morgan fingerprint density at radius 2 is 1.43 bits per heavy atom. The van der Waals surface area contributed by atoms with Crippen molar-refractivity contribution in [3.63, 3.8) is 0 Å². The fourth-order valence-corrected chi connectivity index (χ4v) is 4.38. The summed E-state index contributed by atoms with van der Waals surface area (Å²) in [5.74, 6) is -6.66. The molecule has 0 bridgehead atoms. The van der Waals surface area contributed by atoms with Crippen molar-refractivity contribution < 1.29 is 38.7 Å². The molecule has 7 atom stereocenters. The Hall–Kier alpha value is -1.22. The molecule has 2 saturated heterocycles. The second kappa shape index (κ2) is 9.07. The highest BCUT2D eigenvalue weighted by atomic mass is 16.7. The van der Waals surface area contributed by atoms with Crippen LogP contribution in [-0.2, 0) is 28.5 Å². The van der Waals surface area contributed by atoms with E-state index in [4.69, 9.17) is 18.9 Å². The molecule has 0 spiro atoms. The molecule has 2 aliphatic rings. The molecule has 0 saturated carbocycles. The van der Waals surface area contributed by atoms with Crippen molar-refractivity contribution >= 4 is 11.9 Å². The summed E-state index contributed by atoms with van der Waals surface area (Å²) in [5.41, 5.74) is 0. The first-order valence-corrected chi connectivity index (χ1v) is 10.1. The molecule has 2 rings (SSSR count). The fraction of sp³-hybridized carbons (Fsp3) is 0.900. The van der Waals surface area contributed by atoms with Crippen LogP contribution in [0.15, 0.2) is 0 Å². The monoisotopic (exact) mass is 402 g/mol. The Kier molecular flexibility index (Phi) is 7.47. The molecule has 8 nitrogen and oxygen atoms in total. The number of hydrogen-bond acceptors (Lipinski definition) is 6. The zero-order valence-electron chi connectivity index (χ0n) is 17.5. The van der Waals surface area contributed by atoms with Crippen molar-refractivity contribution in [1.82, 2.24) is 0 Å². The van der Waals surface area contributed by atoms with E-state index in [2.05, 4.69) is 0 Å². The molecular formula is C20H34O8. The number of aliphatic carboxylic acids is 2. The summed E-state index contributed by atoms with van der Waals surface area (Å²) in [6, 6.07) is 0. The second-order valence-corrected chi connectivity index (χ2v) is 8.42. The van der Waals surface area contributed by atoms with Gasteiger partial charge in [-0.05, 0) is 59.3 Å². The van der Waals surface area contributed by atoms with Gasteiger partial charge in [-0.1, -0.05) is 6.92 Å². The summed E-state index contributed by atoms with van der Waals surface area (Å²) in [4.78, 5) is 23.9. The van der Waals surface area contributed by atoms with Gasteiger partial charge in [0.05, 0.1) is 25.4 Å². The van der Waals surface area contributed by atoms with Crippen LogP contribution in [-0.4, -0.2) is 59.1 Å². The maximum atomic E-state index is 12.0. The highest BCUT2D eigenvalue weighted by Crippen LogP contribution is 2.39. The van der Waals surface area contributed by atoms with Gasteiger partial charge >= 0.3 is 11.9 Å². The molecule has 2 heterocycles.